The van der Waals surface area contributed by atoms with Crippen LogP contribution in [0.25, 0.3) is 0 Å². The lowest BCUT2D eigenvalue weighted by atomic mass is 9.84. The molecule has 1 aliphatic carbocycles. The fourth-order valence-corrected chi connectivity index (χ4v) is 4.87. The second-order valence-electron chi connectivity index (χ2n) is 9.62. The molecule has 0 unspecified atom stereocenters. The predicted molar refractivity (Wildman–Crippen MR) is 140 cm³/mol. The number of ether oxygens (including phenoxy) is 7. The van der Waals surface area contributed by atoms with Gasteiger partial charge >= 0.3 is 0 Å². The Morgan fingerprint density at radius 3 is 1.65 bits per heavy atom. The van der Waals surface area contributed by atoms with Gasteiger partial charge in [-0.2, -0.15) is 0 Å². The van der Waals surface area contributed by atoms with Crippen molar-refractivity contribution in [2.75, 3.05) is 20.3 Å². The highest BCUT2D eigenvalue weighted by Crippen LogP contribution is 2.42. The maximum Gasteiger partial charge on any atom is 0.164 e. The lowest BCUT2D eigenvalue weighted by Crippen LogP contribution is -2.65. The van der Waals surface area contributed by atoms with Crippen LogP contribution in [0.3, 0.4) is 0 Å². The summed E-state index contributed by atoms with van der Waals surface area (Å²) in [5, 5.41) is 0. The Morgan fingerprint density at radius 2 is 1.19 bits per heavy atom. The van der Waals surface area contributed by atoms with E-state index in [-0.39, 0.29) is 0 Å². The van der Waals surface area contributed by atoms with Gasteiger partial charge in [-0.25, -0.2) is 0 Å². The second kappa shape index (κ2) is 12.8. The molecule has 2 aromatic rings. The van der Waals surface area contributed by atoms with E-state index in [9.17, 15) is 0 Å². The Kier molecular flexibility index (Phi) is 9.54. The SMILES string of the molecule is C=CCO[C@H]1[C@H](OCc2ccccc2)[C@@H](OCc2ccc(OC)cc2)[C@H](OCC=C)[C@@H]2OC(C)(C)O[C@H]12. The Morgan fingerprint density at radius 1 is 0.703 bits per heavy atom. The molecule has 2 aliphatic rings. The summed E-state index contributed by atoms with van der Waals surface area (Å²) >= 11 is 0. The fraction of sp³-hybridized carbons (Fsp3) is 0.467. The van der Waals surface area contributed by atoms with E-state index in [0.29, 0.717) is 26.4 Å². The number of benzene rings is 2. The van der Waals surface area contributed by atoms with E-state index < -0.39 is 42.4 Å². The standard InChI is InChI=1S/C30H38O7/c1-6-17-32-26-24(34-19-21-11-9-8-10-12-21)25(35-20-22-13-15-23(31-5)16-14-22)27(33-18-7-2)29-28(26)36-30(3,4)37-29/h6-16,24-29H,1-2,17-20H2,3-5H3/t24-,25-,26+,27+,28-,29+/m1/s1. The number of hydrogen-bond acceptors (Lipinski definition) is 7. The van der Waals surface area contributed by atoms with E-state index in [0.717, 1.165) is 16.9 Å². The van der Waals surface area contributed by atoms with Crippen LogP contribution in [0.15, 0.2) is 79.9 Å². The smallest absolute Gasteiger partial charge is 0.164 e. The zero-order chi connectivity index (χ0) is 26.3. The number of fused-ring (bicyclic) bond motifs is 1. The molecule has 7 heteroatoms. The van der Waals surface area contributed by atoms with Gasteiger partial charge in [-0.05, 0) is 37.1 Å². The van der Waals surface area contributed by atoms with E-state index >= 15 is 0 Å². The van der Waals surface area contributed by atoms with Crippen molar-refractivity contribution in [2.24, 2.45) is 0 Å². The molecule has 0 bridgehead atoms. The number of hydrogen-bond donors (Lipinski definition) is 0. The summed E-state index contributed by atoms with van der Waals surface area (Å²) < 4.78 is 43.7. The molecule has 200 valence electrons. The number of methoxy groups -OCH3 is 1. The average molecular weight is 511 g/mol. The zero-order valence-corrected chi connectivity index (χ0v) is 21.9. The molecule has 0 N–H and O–H groups in total. The molecule has 0 amide bonds. The minimum Gasteiger partial charge on any atom is -0.497 e. The van der Waals surface area contributed by atoms with Crippen LogP contribution < -0.4 is 4.74 Å². The van der Waals surface area contributed by atoms with Gasteiger partial charge in [-0.15, -0.1) is 13.2 Å². The summed E-state index contributed by atoms with van der Waals surface area (Å²) in [6.07, 6.45) is 0.694. The minimum absolute atomic E-state index is 0.337. The van der Waals surface area contributed by atoms with Gasteiger partial charge in [0.05, 0.1) is 33.5 Å². The van der Waals surface area contributed by atoms with Gasteiger partial charge in [0, 0.05) is 0 Å². The summed E-state index contributed by atoms with van der Waals surface area (Å²) in [5.74, 6) is -0.0207. The third kappa shape index (κ3) is 6.87. The first-order valence-electron chi connectivity index (χ1n) is 12.7. The first kappa shape index (κ1) is 27.5. The zero-order valence-electron chi connectivity index (χ0n) is 21.9. The molecule has 37 heavy (non-hydrogen) atoms. The van der Waals surface area contributed by atoms with E-state index in [1.54, 1.807) is 19.3 Å². The molecule has 0 radical (unpaired) electrons. The summed E-state index contributed by atoms with van der Waals surface area (Å²) in [5.41, 5.74) is 2.05. The molecule has 2 fully saturated rings. The lowest BCUT2D eigenvalue weighted by molar-refractivity contribution is -0.245. The summed E-state index contributed by atoms with van der Waals surface area (Å²) in [7, 11) is 1.65. The van der Waals surface area contributed by atoms with Crippen LogP contribution in [-0.4, -0.2) is 62.7 Å². The summed E-state index contributed by atoms with van der Waals surface area (Å²) in [4.78, 5) is 0. The monoisotopic (exact) mass is 510 g/mol. The highest BCUT2D eigenvalue weighted by Gasteiger charge is 2.60. The average Bonchev–Trinajstić information content (AvgIpc) is 3.24. The maximum atomic E-state index is 6.57. The van der Waals surface area contributed by atoms with Gasteiger partial charge in [0.2, 0.25) is 0 Å². The normalized spacial score (nSPS) is 28.4. The van der Waals surface area contributed by atoms with Crippen molar-refractivity contribution in [3.05, 3.63) is 91.0 Å². The molecular weight excluding hydrogens is 472 g/mol. The molecule has 1 saturated heterocycles. The van der Waals surface area contributed by atoms with Gasteiger partial charge in [0.15, 0.2) is 5.79 Å². The van der Waals surface area contributed by atoms with Gasteiger partial charge in [-0.1, -0.05) is 54.6 Å². The molecule has 4 rings (SSSR count). The Bertz CT molecular complexity index is 991. The van der Waals surface area contributed by atoms with Crippen molar-refractivity contribution in [3.63, 3.8) is 0 Å². The van der Waals surface area contributed by atoms with Crippen LogP contribution in [0.5, 0.6) is 5.75 Å². The van der Waals surface area contributed by atoms with E-state index in [1.807, 2.05) is 68.4 Å². The number of rotatable bonds is 13. The van der Waals surface area contributed by atoms with Gasteiger partial charge in [0.25, 0.3) is 0 Å². The third-order valence-electron chi connectivity index (χ3n) is 6.48. The first-order valence-corrected chi connectivity index (χ1v) is 12.7. The Labute approximate surface area is 219 Å². The van der Waals surface area contributed by atoms with Crippen LogP contribution in [0.2, 0.25) is 0 Å². The van der Waals surface area contributed by atoms with E-state index in [4.69, 9.17) is 33.2 Å². The van der Waals surface area contributed by atoms with E-state index in [1.165, 1.54) is 0 Å². The van der Waals surface area contributed by atoms with Crippen molar-refractivity contribution in [1.29, 1.82) is 0 Å². The largest absolute Gasteiger partial charge is 0.497 e. The van der Waals surface area contributed by atoms with Gasteiger partial charge < -0.3 is 33.2 Å². The van der Waals surface area contributed by atoms with Gasteiger partial charge in [-0.3, -0.25) is 0 Å². The van der Waals surface area contributed by atoms with Crippen molar-refractivity contribution < 1.29 is 33.2 Å². The topological polar surface area (TPSA) is 64.6 Å². The van der Waals surface area contributed by atoms with Crippen molar-refractivity contribution in [1.82, 2.24) is 0 Å². The second-order valence-corrected chi connectivity index (χ2v) is 9.62. The summed E-state index contributed by atoms with van der Waals surface area (Å²) in [6, 6.07) is 17.8. The maximum absolute atomic E-state index is 6.57. The third-order valence-corrected chi connectivity index (χ3v) is 6.48. The van der Waals surface area contributed by atoms with Crippen LogP contribution in [0.4, 0.5) is 0 Å². The van der Waals surface area contributed by atoms with Crippen LogP contribution >= 0.6 is 0 Å². The fourth-order valence-electron chi connectivity index (χ4n) is 4.87. The van der Waals surface area contributed by atoms with Crippen molar-refractivity contribution >= 4 is 0 Å². The molecule has 0 aromatic heterocycles. The highest BCUT2D eigenvalue weighted by molar-refractivity contribution is 5.26. The quantitative estimate of drug-likeness (QED) is 0.357. The molecule has 1 heterocycles. The van der Waals surface area contributed by atoms with E-state index in [2.05, 4.69) is 13.2 Å². The molecule has 1 aliphatic heterocycles. The molecular formula is C30H38O7. The minimum atomic E-state index is -0.810. The lowest BCUT2D eigenvalue weighted by Gasteiger charge is -2.46. The molecule has 6 atom stereocenters. The first-order chi connectivity index (χ1) is 18.0. The van der Waals surface area contributed by atoms with Gasteiger partial charge in [0.1, 0.15) is 42.4 Å². The molecule has 1 saturated carbocycles. The van der Waals surface area contributed by atoms with Crippen LogP contribution in [-0.2, 0) is 41.6 Å². The Hall–Kier alpha value is -2.52. The van der Waals surface area contributed by atoms with Crippen molar-refractivity contribution in [3.8, 4) is 5.75 Å². The molecule has 2 aromatic carbocycles. The van der Waals surface area contributed by atoms with Crippen LogP contribution in [0.1, 0.15) is 25.0 Å². The Balaban J connectivity index is 1.65. The summed E-state index contributed by atoms with van der Waals surface area (Å²) in [6.45, 7) is 12.9. The van der Waals surface area contributed by atoms with Crippen molar-refractivity contribution in [2.45, 2.75) is 69.5 Å². The van der Waals surface area contributed by atoms with Crippen LogP contribution in [0, 0.1) is 0 Å². The molecule has 7 nitrogen and oxygen atoms in total. The molecule has 0 spiro atoms. The predicted octanol–water partition coefficient (Wildman–Crippen LogP) is 4.84. The highest BCUT2D eigenvalue weighted by atomic mass is 16.8.